The highest BCUT2D eigenvalue weighted by atomic mass is 32.2. The number of urea groups is 1. The van der Waals surface area contributed by atoms with E-state index in [9.17, 15) is 18.0 Å². The molecule has 1 aromatic carbocycles. The molecule has 0 radical (unpaired) electrons. The summed E-state index contributed by atoms with van der Waals surface area (Å²) in [6.45, 7) is 4.28. The van der Waals surface area contributed by atoms with E-state index >= 15 is 0 Å². The molecule has 0 atom stereocenters. The molecule has 0 aliphatic rings. The van der Waals surface area contributed by atoms with Crippen molar-refractivity contribution in [2.45, 2.75) is 44.4 Å². The molecular weight excluding hydrogens is 318 g/mol. The summed E-state index contributed by atoms with van der Waals surface area (Å²) in [7, 11) is -3.93. The van der Waals surface area contributed by atoms with Crippen molar-refractivity contribution in [3.05, 3.63) is 24.3 Å². The normalized spacial score (nSPS) is 10.9. The molecule has 0 aliphatic heterocycles. The molecule has 23 heavy (non-hydrogen) atoms. The first kappa shape index (κ1) is 19.0. The molecule has 0 aromatic heterocycles. The van der Waals surface area contributed by atoms with Gasteiger partial charge in [-0.3, -0.25) is 4.79 Å². The zero-order valence-electron chi connectivity index (χ0n) is 13.4. The van der Waals surface area contributed by atoms with Crippen molar-refractivity contribution in [3.8, 4) is 0 Å². The summed E-state index contributed by atoms with van der Waals surface area (Å²) in [6.07, 6.45) is 2.81. The second kappa shape index (κ2) is 9.14. The van der Waals surface area contributed by atoms with E-state index in [0.717, 1.165) is 19.3 Å². The molecule has 0 bridgehead atoms. The van der Waals surface area contributed by atoms with Crippen molar-refractivity contribution in [2.75, 3.05) is 11.9 Å². The molecule has 1 aromatic rings. The van der Waals surface area contributed by atoms with Gasteiger partial charge in [-0.1, -0.05) is 20.3 Å². The predicted molar refractivity (Wildman–Crippen MR) is 88.6 cm³/mol. The number of rotatable bonds is 8. The number of carbonyl (C=O) groups is 2. The standard InChI is InChI=1S/C15H23N3O4S/c1-3-5-11-16-15(20)18-23(21,22)13-9-7-12(8-10-13)17-14(19)6-4-2/h7-10H,3-6,11H2,1-2H3,(H,17,19)(H2,16,18,20). The Morgan fingerprint density at radius 1 is 1.04 bits per heavy atom. The number of unbranched alkanes of at least 4 members (excludes halogenated alkanes) is 1. The SMILES string of the molecule is CCCCNC(=O)NS(=O)(=O)c1ccc(NC(=O)CCC)cc1. The second-order valence-corrected chi connectivity index (χ2v) is 6.72. The molecule has 0 saturated carbocycles. The highest BCUT2D eigenvalue weighted by Gasteiger charge is 2.17. The monoisotopic (exact) mass is 341 g/mol. The van der Waals surface area contributed by atoms with Crippen LogP contribution in [0.3, 0.4) is 0 Å². The average molecular weight is 341 g/mol. The summed E-state index contributed by atoms with van der Waals surface area (Å²) >= 11 is 0. The summed E-state index contributed by atoms with van der Waals surface area (Å²) in [6, 6.07) is 4.89. The van der Waals surface area contributed by atoms with Crippen LogP contribution in [0.4, 0.5) is 10.5 Å². The van der Waals surface area contributed by atoms with Crippen molar-refractivity contribution >= 4 is 27.6 Å². The van der Waals surface area contributed by atoms with Crippen LogP contribution in [-0.4, -0.2) is 26.9 Å². The quantitative estimate of drug-likeness (QED) is 0.631. The van der Waals surface area contributed by atoms with Gasteiger partial charge in [0.25, 0.3) is 10.0 Å². The Morgan fingerprint density at radius 2 is 1.70 bits per heavy atom. The van der Waals surface area contributed by atoms with E-state index in [-0.39, 0.29) is 10.8 Å². The predicted octanol–water partition coefficient (Wildman–Crippen LogP) is 2.21. The Hall–Kier alpha value is -2.09. The number of sulfonamides is 1. The Balaban J connectivity index is 2.66. The highest BCUT2D eigenvalue weighted by molar-refractivity contribution is 7.90. The van der Waals surface area contributed by atoms with E-state index in [4.69, 9.17) is 0 Å². The number of benzene rings is 1. The largest absolute Gasteiger partial charge is 0.337 e. The van der Waals surface area contributed by atoms with Crippen molar-refractivity contribution in [1.82, 2.24) is 10.0 Å². The van der Waals surface area contributed by atoms with Crippen LogP contribution in [0.15, 0.2) is 29.2 Å². The van der Waals surface area contributed by atoms with Crippen molar-refractivity contribution in [3.63, 3.8) is 0 Å². The van der Waals surface area contributed by atoms with Crippen molar-refractivity contribution in [2.24, 2.45) is 0 Å². The lowest BCUT2D eigenvalue weighted by Gasteiger charge is -2.09. The van der Waals surface area contributed by atoms with Gasteiger partial charge in [0.15, 0.2) is 0 Å². The molecule has 0 fully saturated rings. The number of amides is 3. The van der Waals surface area contributed by atoms with Gasteiger partial charge in [0.05, 0.1) is 4.90 Å². The summed E-state index contributed by atoms with van der Waals surface area (Å²) < 4.78 is 26.1. The van der Waals surface area contributed by atoms with Gasteiger partial charge in [-0.25, -0.2) is 17.9 Å². The molecule has 3 amide bonds. The fourth-order valence-corrected chi connectivity index (χ4v) is 2.69. The number of hydrogen-bond acceptors (Lipinski definition) is 4. The summed E-state index contributed by atoms with van der Waals surface area (Å²) in [5.74, 6) is -0.128. The van der Waals surface area contributed by atoms with Gasteiger partial charge in [0.1, 0.15) is 0 Å². The van der Waals surface area contributed by atoms with Crippen LogP contribution in [0, 0.1) is 0 Å². The summed E-state index contributed by atoms with van der Waals surface area (Å²) in [5, 5.41) is 5.14. The van der Waals surface area contributed by atoms with E-state index in [2.05, 4.69) is 10.6 Å². The van der Waals surface area contributed by atoms with Gasteiger partial charge in [-0.05, 0) is 37.1 Å². The van der Waals surface area contributed by atoms with Gasteiger partial charge in [0, 0.05) is 18.7 Å². The Kier molecular flexibility index (Phi) is 7.53. The molecular formula is C15H23N3O4S. The molecule has 0 aliphatic carbocycles. The van der Waals surface area contributed by atoms with Crippen LogP contribution in [0.5, 0.6) is 0 Å². The average Bonchev–Trinajstić information content (AvgIpc) is 2.47. The lowest BCUT2D eigenvalue weighted by molar-refractivity contribution is -0.116. The number of nitrogens with one attached hydrogen (secondary N) is 3. The van der Waals surface area contributed by atoms with Crippen molar-refractivity contribution < 1.29 is 18.0 Å². The van der Waals surface area contributed by atoms with Crippen LogP contribution < -0.4 is 15.4 Å². The molecule has 7 nitrogen and oxygen atoms in total. The molecule has 3 N–H and O–H groups in total. The van der Waals surface area contributed by atoms with E-state index in [1.165, 1.54) is 24.3 Å². The maximum absolute atomic E-state index is 12.1. The highest BCUT2D eigenvalue weighted by Crippen LogP contribution is 2.14. The van der Waals surface area contributed by atoms with E-state index < -0.39 is 16.1 Å². The number of hydrogen-bond donors (Lipinski definition) is 3. The fraction of sp³-hybridized carbons (Fsp3) is 0.467. The number of anilines is 1. The maximum Gasteiger partial charge on any atom is 0.328 e. The zero-order valence-corrected chi connectivity index (χ0v) is 14.2. The molecule has 0 spiro atoms. The van der Waals surface area contributed by atoms with Crippen LogP contribution >= 0.6 is 0 Å². The zero-order chi connectivity index (χ0) is 17.3. The minimum absolute atomic E-state index is 0.0448. The number of carbonyl (C=O) groups excluding carboxylic acids is 2. The first-order valence-electron chi connectivity index (χ1n) is 7.59. The van der Waals surface area contributed by atoms with E-state index in [0.29, 0.717) is 18.7 Å². The van der Waals surface area contributed by atoms with Gasteiger partial charge in [-0.15, -0.1) is 0 Å². The van der Waals surface area contributed by atoms with Crippen LogP contribution in [0.2, 0.25) is 0 Å². The maximum atomic E-state index is 12.1. The lowest BCUT2D eigenvalue weighted by Crippen LogP contribution is -2.39. The first-order chi connectivity index (χ1) is 10.9. The Labute approximate surface area is 136 Å². The van der Waals surface area contributed by atoms with Crippen LogP contribution in [-0.2, 0) is 14.8 Å². The topological polar surface area (TPSA) is 104 Å². The molecule has 1 rings (SSSR count). The third-order valence-electron chi connectivity index (χ3n) is 2.97. The van der Waals surface area contributed by atoms with Gasteiger partial charge in [0.2, 0.25) is 5.91 Å². The van der Waals surface area contributed by atoms with E-state index in [1.54, 1.807) is 0 Å². The molecule has 0 unspecified atom stereocenters. The third kappa shape index (κ3) is 6.68. The van der Waals surface area contributed by atoms with Crippen molar-refractivity contribution in [1.29, 1.82) is 0 Å². The minimum atomic E-state index is -3.93. The molecule has 8 heteroatoms. The minimum Gasteiger partial charge on any atom is -0.337 e. The third-order valence-corrected chi connectivity index (χ3v) is 4.32. The van der Waals surface area contributed by atoms with Gasteiger partial charge >= 0.3 is 6.03 Å². The van der Waals surface area contributed by atoms with Crippen LogP contribution in [0.25, 0.3) is 0 Å². The molecule has 128 valence electrons. The Morgan fingerprint density at radius 3 is 2.26 bits per heavy atom. The smallest absolute Gasteiger partial charge is 0.328 e. The molecule has 0 saturated heterocycles. The fourth-order valence-electron chi connectivity index (χ4n) is 1.76. The first-order valence-corrected chi connectivity index (χ1v) is 9.08. The van der Waals surface area contributed by atoms with Gasteiger partial charge < -0.3 is 10.6 Å². The summed E-state index contributed by atoms with van der Waals surface area (Å²) in [4.78, 5) is 23.0. The molecule has 0 heterocycles. The summed E-state index contributed by atoms with van der Waals surface area (Å²) in [5.41, 5.74) is 0.509. The Bertz CT molecular complexity index is 627. The van der Waals surface area contributed by atoms with Gasteiger partial charge in [-0.2, -0.15) is 0 Å². The lowest BCUT2D eigenvalue weighted by atomic mass is 10.3. The van der Waals surface area contributed by atoms with Crippen LogP contribution in [0.1, 0.15) is 39.5 Å². The van der Waals surface area contributed by atoms with E-state index in [1.807, 2.05) is 18.6 Å². The second-order valence-electron chi connectivity index (χ2n) is 5.04.